The van der Waals surface area contributed by atoms with Gasteiger partial charge in [-0.3, -0.25) is 4.79 Å². The highest BCUT2D eigenvalue weighted by Gasteiger charge is 2.12. The summed E-state index contributed by atoms with van der Waals surface area (Å²) in [6.07, 6.45) is 0.841. The Labute approximate surface area is 168 Å². The molecular formula is C23H22BrNO2. The van der Waals surface area contributed by atoms with Gasteiger partial charge in [-0.25, -0.2) is 0 Å². The summed E-state index contributed by atoms with van der Waals surface area (Å²) in [5.74, 6) is 0.528. The first-order chi connectivity index (χ1) is 13.1. The van der Waals surface area contributed by atoms with Crippen LogP contribution in [-0.2, 0) is 11.2 Å². The van der Waals surface area contributed by atoms with E-state index in [1.54, 1.807) is 0 Å². The van der Waals surface area contributed by atoms with E-state index in [-0.39, 0.29) is 12.5 Å². The molecule has 0 fully saturated rings. The van der Waals surface area contributed by atoms with Crippen LogP contribution in [0.3, 0.4) is 0 Å². The Hall–Kier alpha value is -2.59. The number of ether oxygens (including phenoxy) is 1. The molecule has 0 unspecified atom stereocenters. The lowest BCUT2D eigenvalue weighted by Crippen LogP contribution is -2.21. The van der Waals surface area contributed by atoms with Crippen molar-refractivity contribution in [2.24, 2.45) is 0 Å². The summed E-state index contributed by atoms with van der Waals surface area (Å²) >= 11 is 3.51. The van der Waals surface area contributed by atoms with E-state index >= 15 is 0 Å². The van der Waals surface area contributed by atoms with Crippen LogP contribution in [0.1, 0.15) is 18.1 Å². The molecule has 138 valence electrons. The molecule has 0 aliphatic rings. The molecule has 0 radical (unpaired) electrons. The number of aryl methyl sites for hydroxylation is 2. The number of hydrogen-bond donors (Lipinski definition) is 1. The van der Waals surface area contributed by atoms with E-state index in [2.05, 4.69) is 28.2 Å². The molecular weight excluding hydrogens is 402 g/mol. The van der Waals surface area contributed by atoms with Gasteiger partial charge in [0, 0.05) is 15.7 Å². The van der Waals surface area contributed by atoms with E-state index in [1.807, 2.05) is 73.7 Å². The van der Waals surface area contributed by atoms with E-state index in [9.17, 15) is 4.79 Å². The van der Waals surface area contributed by atoms with Crippen molar-refractivity contribution in [1.82, 2.24) is 0 Å². The lowest BCUT2D eigenvalue weighted by atomic mass is 10.1. The molecule has 4 heteroatoms. The zero-order valence-corrected chi connectivity index (χ0v) is 17.0. The van der Waals surface area contributed by atoms with Crippen molar-refractivity contribution in [1.29, 1.82) is 0 Å². The molecule has 0 atom stereocenters. The number of para-hydroxylation sites is 1. The molecule has 3 aromatic carbocycles. The fourth-order valence-corrected chi connectivity index (χ4v) is 3.66. The smallest absolute Gasteiger partial charge is 0.262 e. The Morgan fingerprint density at radius 1 is 1.04 bits per heavy atom. The number of rotatable bonds is 6. The quantitative estimate of drug-likeness (QED) is 0.527. The van der Waals surface area contributed by atoms with Crippen LogP contribution < -0.4 is 10.1 Å². The minimum atomic E-state index is -0.169. The van der Waals surface area contributed by atoms with Gasteiger partial charge in [0.1, 0.15) is 5.75 Å². The van der Waals surface area contributed by atoms with Gasteiger partial charge in [0.2, 0.25) is 0 Å². The molecule has 3 rings (SSSR count). The predicted octanol–water partition coefficient (Wildman–Crippen LogP) is 6.00. The number of hydrogen-bond acceptors (Lipinski definition) is 2. The van der Waals surface area contributed by atoms with Crippen molar-refractivity contribution < 1.29 is 9.53 Å². The maximum Gasteiger partial charge on any atom is 0.262 e. The van der Waals surface area contributed by atoms with Gasteiger partial charge in [0.15, 0.2) is 6.61 Å². The summed E-state index contributed by atoms with van der Waals surface area (Å²) in [6.45, 7) is 4.02. The van der Waals surface area contributed by atoms with Gasteiger partial charge in [-0.1, -0.05) is 71.4 Å². The fraction of sp³-hybridized carbons (Fsp3) is 0.174. The minimum absolute atomic E-state index is 0.0392. The van der Waals surface area contributed by atoms with Gasteiger partial charge >= 0.3 is 0 Å². The average molecular weight is 424 g/mol. The molecule has 0 saturated heterocycles. The first-order valence-corrected chi connectivity index (χ1v) is 9.74. The average Bonchev–Trinajstić information content (AvgIpc) is 2.69. The second-order valence-electron chi connectivity index (χ2n) is 6.31. The topological polar surface area (TPSA) is 38.3 Å². The molecule has 0 aromatic heterocycles. The van der Waals surface area contributed by atoms with Crippen molar-refractivity contribution in [3.8, 4) is 16.9 Å². The standard InChI is InChI=1S/C23H22BrNO2/c1-3-17-14-19(24)13-16(2)23(17)25-22(26)15-27-21-12-8-7-11-20(21)18-9-5-4-6-10-18/h4-14H,3,15H2,1-2H3,(H,25,26). The molecule has 1 N–H and O–H groups in total. The Morgan fingerprint density at radius 3 is 2.48 bits per heavy atom. The van der Waals surface area contributed by atoms with Crippen molar-refractivity contribution in [2.75, 3.05) is 11.9 Å². The molecule has 3 nitrogen and oxygen atoms in total. The van der Waals surface area contributed by atoms with Crippen LogP contribution in [0, 0.1) is 6.92 Å². The molecule has 27 heavy (non-hydrogen) atoms. The van der Waals surface area contributed by atoms with Crippen LogP contribution >= 0.6 is 15.9 Å². The Bertz CT molecular complexity index is 938. The highest BCUT2D eigenvalue weighted by molar-refractivity contribution is 9.10. The molecule has 0 heterocycles. The van der Waals surface area contributed by atoms with Crippen molar-refractivity contribution >= 4 is 27.5 Å². The predicted molar refractivity (Wildman–Crippen MR) is 114 cm³/mol. The summed E-state index contributed by atoms with van der Waals surface area (Å²) in [5, 5.41) is 3.00. The number of carbonyl (C=O) groups excluding carboxylic acids is 1. The Balaban J connectivity index is 1.73. The monoisotopic (exact) mass is 423 g/mol. The summed E-state index contributed by atoms with van der Waals surface area (Å²) in [5.41, 5.74) is 5.02. The molecule has 0 aliphatic heterocycles. The van der Waals surface area contributed by atoms with Crippen molar-refractivity contribution in [2.45, 2.75) is 20.3 Å². The van der Waals surface area contributed by atoms with E-state index in [1.165, 1.54) is 0 Å². The zero-order chi connectivity index (χ0) is 19.2. The first-order valence-electron chi connectivity index (χ1n) is 8.94. The third-order valence-corrected chi connectivity index (χ3v) is 4.82. The highest BCUT2D eigenvalue weighted by atomic mass is 79.9. The second kappa shape index (κ2) is 8.87. The highest BCUT2D eigenvalue weighted by Crippen LogP contribution is 2.30. The summed E-state index contributed by atoms with van der Waals surface area (Å²) in [4.78, 5) is 12.5. The fourth-order valence-electron chi connectivity index (χ4n) is 3.04. The molecule has 0 spiro atoms. The lowest BCUT2D eigenvalue weighted by Gasteiger charge is -2.15. The summed E-state index contributed by atoms with van der Waals surface area (Å²) in [6, 6.07) is 21.8. The number of halogens is 1. The van der Waals surface area contributed by atoms with Crippen LogP contribution in [0.4, 0.5) is 5.69 Å². The van der Waals surface area contributed by atoms with Crippen LogP contribution in [0.15, 0.2) is 71.2 Å². The lowest BCUT2D eigenvalue weighted by molar-refractivity contribution is -0.118. The maximum absolute atomic E-state index is 12.5. The van der Waals surface area contributed by atoms with Gasteiger partial charge in [-0.15, -0.1) is 0 Å². The SMILES string of the molecule is CCc1cc(Br)cc(C)c1NC(=O)COc1ccccc1-c1ccccc1. The number of nitrogens with one attached hydrogen (secondary N) is 1. The van der Waals surface area contributed by atoms with E-state index in [0.717, 1.165) is 38.8 Å². The van der Waals surface area contributed by atoms with Gasteiger partial charge in [0.05, 0.1) is 0 Å². The van der Waals surface area contributed by atoms with Gasteiger partial charge in [-0.2, -0.15) is 0 Å². The number of carbonyl (C=O) groups is 1. The summed E-state index contributed by atoms with van der Waals surface area (Å²) < 4.78 is 6.86. The molecule has 1 amide bonds. The maximum atomic E-state index is 12.5. The van der Waals surface area contributed by atoms with Crippen LogP contribution in [0.5, 0.6) is 5.75 Å². The van der Waals surface area contributed by atoms with Gasteiger partial charge in [0.25, 0.3) is 5.91 Å². The van der Waals surface area contributed by atoms with Gasteiger partial charge in [-0.05, 0) is 48.2 Å². The van der Waals surface area contributed by atoms with Crippen LogP contribution in [-0.4, -0.2) is 12.5 Å². The first kappa shape index (κ1) is 19.2. The molecule has 0 saturated carbocycles. The number of benzene rings is 3. The summed E-state index contributed by atoms with van der Waals surface area (Å²) in [7, 11) is 0. The molecule has 0 bridgehead atoms. The van der Waals surface area contributed by atoms with Crippen molar-refractivity contribution in [3.63, 3.8) is 0 Å². The number of amides is 1. The second-order valence-corrected chi connectivity index (χ2v) is 7.23. The van der Waals surface area contributed by atoms with E-state index < -0.39 is 0 Å². The largest absolute Gasteiger partial charge is 0.483 e. The number of anilines is 1. The van der Waals surface area contributed by atoms with Crippen LogP contribution in [0.2, 0.25) is 0 Å². The normalized spacial score (nSPS) is 10.5. The van der Waals surface area contributed by atoms with E-state index in [0.29, 0.717) is 5.75 Å². The Morgan fingerprint density at radius 2 is 1.74 bits per heavy atom. The molecule has 3 aromatic rings. The zero-order valence-electron chi connectivity index (χ0n) is 15.5. The van der Waals surface area contributed by atoms with Crippen molar-refractivity contribution in [3.05, 3.63) is 82.3 Å². The minimum Gasteiger partial charge on any atom is -0.483 e. The Kier molecular flexibility index (Phi) is 6.30. The van der Waals surface area contributed by atoms with Gasteiger partial charge < -0.3 is 10.1 Å². The van der Waals surface area contributed by atoms with E-state index in [4.69, 9.17) is 4.74 Å². The third kappa shape index (κ3) is 4.77. The molecule has 0 aliphatic carbocycles. The third-order valence-electron chi connectivity index (χ3n) is 4.36. The van der Waals surface area contributed by atoms with Crippen LogP contribution in [0.25, 0.3) is 11.1 Å².